The molecule has 1 aliphatic rings. The topological polar surface area (TPSA) is 15.3 Å². The zero-order valence-corrected chi connectivity index (χ0v) is 10.9. The molecule has 0 amide bonds. The number of hydrogen-bond acceptors (Lipinski definition) is 2. The molecule has 1 heterocycles. The number of aryl methyl sites for hydroxylation is 1. The molecule has 2 heteroatoms. The van der Waals surface area contributed by atoms with Crippen molar-refractivity contribution in [2.75, 3.05) is 18.4 Å². The third-order valence-electron chi connectivity index (χ3n) is 3.51. The van der Waals surface area contributed by atoms with Crippen molar-refractivity contribution in [1.82, 2.24) is 4.90 Å². The van der Waals surface area contributed by atoms with Crippen LogP contribution in [0.1, 0.15) is 25.3 Å². The zero-order valence-electron chi connectivity index (χ0n) is 10.9. The van der Waals surface area contributed by atoms with E-state index in [1.165, 1.54) is 18.4 Å². The number of benzene rings is 1. The van der Waals surface area contributed by atoms with Gasteiger partial charge in [0.1, 0.15) is 0 Å². The van der Waals surface area contributed by atoms with E-state index in [0.717, 1.165) is 30.5 Å². The third kappa shape index (κ3) is 3.26. The molecule has 92 valence electrons. The molecular weight excluding hydrogens is 208 g/mol. The van der Waals surface area contributed by atoms with Crippen LogP contribution in [-0.4, -0.2) is 18.0 Å². The van der Waals surface area contributed by atoms with Crippen molar-refractivity contribution in [1.29, 1.82) is 0 Å². The molecule has 0 aliphatic carbocycles. The van der Waals surface area contributed by atoms with E-state index in [1.54, 1.807) is 0 Å². The van der Waals surface area contributed by atoms with Gasteiger partial charge in [0.25, 0.3) is 0 Å². The second-order valence-electron chi connectivity index (χ2n) is 5.11. The van der Waals surface area contributed by atoms with Gasteiger partial charge in [-0.05, 0) is 37.8 Å². The Hall–Kier alpha value is -1.44. The molecule has 0 aromatic heterocycles. The highest BCUT2D eigenvalue weighted by Crippen LogP contribution is 2.20. The summed E-state index contributed by atoms with van der Waals surface area (Å²) < 4.78 is 0. The van der Waals surface area contributed by atoms with E-state index in [-0.39, 0.29) is 0 Å². The normalized spacial score (nSPS) is 16.9. The van der Waals surface area contributed by atoms with Crippen LogP contribution in [0.25, 0.3) is 0 Å². The predicted octanol–water partition coefficient (Wildman–Crippen LogP) is 3.61. The number of piperidine rings is 1. The monoisotopic (exact) mass is 230 g/mol. The molecule has 2 nitrogen and oxygen atoms in total. The van der Waals surface area contributed by atoms with Crippen LogP contribution in [0.15, 0.2) is 36.7 Å². The van der Waals surface area contributed by atoms with Crippen molar-refractivity contribution in [2.24, 2.45) is 5.92 Å². The second kappa shape index (κ2) is 5.26. The summed E-state index contributed by atoms with van der Waals surface area (Å²) in [6, 6.07) is 8.45. The molecule has 0 radical (unpaired) electrons. The highest BCUT2D eigenvalue weighted by atomic mass is 15.2. The van der Waals surface area contributed by atoms with Crippen LogP contribution >= 0.6 is 0 Å². The van der Waals surface area contributed by atoms with Gasteiger partial charge in [0.15, 0.2) is 0 Å². The summed E-state index contributed by atoms with van der Waals surface area (Å²) in [4.78, 5) is 2.35. The van der Waals surface area contributed by atoms with E-state index in [1.807, 2.05) is 0 Å². The molecule has 2 rings (SSSR count). The molecule has 1 fully saturated rings. The smallest absolute Gasteiger partial charge is 0.0983 e. The number of nitrogens with one attached hydrogen (secondary N) is 1. The fourth-order valence-electron chi connectivity index (χ4n) is 2.16. The SMILES string of the molecule is C=C(Nc1ccc(C)cc1)N1CCC(C)CC1. The van der Waals surface area contributed by atoms with Crippen LogP contribution in [0.2, 0.25) is 0 Å². The van der Waals surface area contributed by atoms with Gasteiger partial charge in [-0.3, -0.25) is 0 Å². The average molecular weight is 230 g/mol. The van der Waals surface area contributed by atoms with Gasteiger partial charge in [0.2, 0.25) is 0 Å². The minimum absolute atomic E-state index is 0.860. The summed E-state index contributed by atoms with van der Waals surface area (Å²) in [5.74, 6) is 1.89. The quantitative estimate of drug-likeness (QED) is 0.853. The number of hydrogen-bond donors (Lipinski definition) is 1. The molecule has 1 aromatic rings. The van der Waals surface area contributed by atoms with Crippen LogP contribution in [0.4, 0.5) is 5.69 Å². The number of rotatable bonds is 3. The van der Waals surface area contributed by atoms with Crippen molar-refractivity contribution in [3.05, 3.63) is 42.2 Å². The first-order valence-electron chi connectivity index (χ1n) is 6.42. The minimum Gasteiger partial charge on any atom is -0.359 e. The Labute approximate surface area is 104 Å². The lowest BCUT2D eigenvalue weighted by molar-refractivity contribution is 0.240. The predicted molar refractivity (Wildman–Crippen MR) is 73.9 cm³/mol. The fraction of sp³-hybridized carbons (Fsp3) is 0.467. The molecule has 0 atom stereocenters. The van der Waals surface area contributed by atoms with E-state index in [9.17, 15) is 0 Å². The summed E-state index contributed by atoms with van der Waals surface area (Å²) in [7, 11) is 0. The highest BCUT2D eigenvalue weighted by molar-refractivity contribution is 5.48. The van der Waals surface area contributed by atoms with E-state index in [0.29, 0.717) is 0 Å². The Bertz CT molecular complexity index is 372. The molecule has 0 saturated carbocycles. The van der Waals surface area contributed by atoms with Crippen molar-refractivity contribution < 1.29 is 0 Å². The van der Waals surface area contributed by atoms with Gasteiger partial charge in [0, 0.05) is 18.8 Å². The van der Waals surface area contributed by atoms with Gasteiger partial charge in [-0.2, -0.15) is 0 Å². The molecule has 1 aliphatic heterocycles. The van der Waals surface area contributed by atoms with Crippen molar-refractivity contribution >= 4 is 5.69 Å². The van der Waals surface area contributed by atoms with E-state index in [4.69, 9.17) is 0 Å². The minimum atomic E-state index is 0.860. The molecule has 1 aromatic carbocycles. The lowest BCUT2D eigenvalue weighted by Crippen LogP contribution is -2.34. The van der Waals surface area contributed by atoms with E-state index >= 15 is 0 Å². The Kier molecular flexibility index (Phi) is 3.72. The van der Waals surface area contributed by atoms with E-state index < -0.39 is 0 Å². The summed E-state index contributed by atoms with van der Waals surface area (Å²) in [5.41, 5.74) is 2.41. The fourth-order valence-corrected chi connectivity index (χ4v) is 2.16. The maximum absolute atomic E-state index is 4.14. The van der Waals surface area contributed by atoms with Gasteiger partial charge in [-0.25, -0.2) is 0 Å². The largest absolute Gasteiger partial charge is 0.359 e. The lowest BCUT2D eigenvalue weighted by Gasteiger charge is -2.33. The Morgan fingerprint density at radius 3 is 2.41 bits per heavy atom. The number of anilines is 1. The molecule has 1 N–H and O–H groups in total. The summed E-state index contributed by atoms with van der Waals surface area (Å²) >= 11 is 0. The third-order valence-corrected chi connectivity index (χ3v) is 3.51. The van der Waals surface area contributed by atoms with Gasteiger partial charge < -0.3 is 10.2 Å². The lowest BCUT2D eigenvalue weighted by atomic mass is 9.99. The molecule has 1 saturated heterocycles. The van der Waals surface area contributed by atoms with Gasteiger partial charge in [-0.1, -0.05) is 31.2 Å². The van der Waals surface area contributed by atoms with Crippen LogP contribution in [0, 0.1) is 12.8 Å². The average Bonchev–Trinajstić information content (AvgIpc) is 2.33. The van der Waals surface area contributed by atoms with Gasteiger partial charge in [0.05, 0.1) is 5.82 Å². The first-order valence-corrected chi connectivity index (χ1v) is 6.42. The Balaban J connectivity index is 1.90. The summed E-state index contributed by atoms with van der Waals surface area (Å²) in [6.45, 7) is 10.8. The Morgan fingerprint density at radius 2 is 1.82 bits per heavy atom. The maximum Gasteiger partial charge on any atom is 0.0983 e. The van der Waals surface area contributed by atoms with Crippen LogP contribution in [-0.2, 0) is 0 Å². The van der Waals surface area contributed by atoms with Crippen molar-refractivity contribution in [3.8, 4) is 0 Å². The molecule has 0 unspecified atom stereocenters. The first kappa shape index (κ1) is 12.0. The van der Waals surface area contributed by atoms with Crippen molar-refractivity contribution in [2.45, 2.75) is 26.7 Å². The summed E-state index contributed by atoms with van der Waals surface area (Å²) in [5, 5.41) is 3.39. The number of nitrogens with zero attached hydrogens (tertiary/aromatic N) is 1. The summed E-state index contributed by atoms with van der Waals surface area (Å²) in [6.07, 6.45) is 2.54. The van der Waals surface area contributed by atoms with E-state index in [2.05, 4.69) is 54.9 Å². The molecular formula is C15H22N2. The molecule has 0 spiro atoms. The first-order chi connectivity index (χ1) is 8.15. The van der Waals surface area contributed by atoms with Crippen molar-refractivity contribution in [3.63, 3.8) is 0 Å². The molecule has 0 bridgehead atoms. The van der Waals surface area contributed by atoms with Crippen LogP contribution in [0.5, 0.6) is 0 Å². The van der Waals surface area contributed by atoms with Crippen LogP contribution < -0.4 is 5.32 Å². The van der Waals surface area contributed by atoms with Gasteiger partial charge >= 0.3 is 0 Å². The molecule has 17 heavy (non-hydrogen) atoms. The highest BCUT2D eigenvalue weighted by Gasteiger charge is 2.16. The second-order valence-corrected chi connectivity index (χ2v) is 5.11. The zero-order chi connectivity index (χ0) is 12.3. The maximum atomic E-state index is 4.14. The Morgan fingerprint density at radius 1 is 1.24 bits per heavy atom. The van der Waals surface area contributed by atoms with Crippen LogP contribution in [0.3, 0.4) is 0 Å². The number of likely N-dealkylation sites (tertiary alicyclic amines) is 1. The standard InChI is InChI=1S/C15H22N2/c1-12-4-6-15(7-5-12)16-14(3)17-10-8-13(2)9-11-17/h4-7,13,16H,3,8-11H2,1-2H3. The van der Waals surface area contributed by atoms with Gasteiger partial charge in [-0.15, -0.1) is 0 Å².